The maximum Gasteiger partial charge on any atom is 0.161 e. The van der Waals surface area contributed by atoms with Gasteiger partial charge in [-0.1, -0.05) is 13.3 Å². The van der Waals surface area contributed by atoms with Crippen LogP contribution in [0.4, 0.5) is 0 Å². The number of ether oxygens (including phenoxy) is 1. The van der Waals surface area contributed by atoms with Gasteiger partial charge in [0.15, 0.2) is 5.78 Å². The summed E-state index contributed by atoms with van der Waals surface area (Å²) >= 11 is 0. The van der Waals surface area contributed by atoms with Crippen LogP contribution < -0.4 is 0 Å². The number of allylic oxidation sites excluding steroid dienone is 1. The molecule has 1 saturated carbocycles. The fraction of sp³-hybridized carbons (Fsp3) is 0.727. The number of ketones is 1. The van der Waals surface area contributed by atoms with Crippen molar-refractivity contribution >= 4 is 5.78 Å². The molecule has 0 aromatic rings. The van der Waals surface area contributed by atoms with Crippen molar-refractivity contribution in [3.8, 4) is 0 Å². The number of carbonyl (C=O) groups is 1. The largest absolute Gasteiger partial charge is 0.501 e. The average Bonchev–Trinajstić information content (AvgIpc) is 2.17. The summed E-state index contributed by atoms with van der Waals surface area (Å²) in [6.45, 7) is 4.76. The Morgan fingerprint density at radius 3 is 2.92 bits per heavy atom. The summed E-state index contributed by atoms with van der Waals surface area (Å²) in [6, 6.07) is 0. The second-order valence-electron chi connectivity index (χ2n) is 3.54. The molecule has 1 atom stereocenters. The van der Waals surface area contributed by atoms with Gasteiger partial charge in [0.05, 0.1) is 12.9 Å². The lowest BCUT2D eigenvalue weighted by molar-refractivity contribution is -0.117. The van der Waals surface area contributed by atoms with Gasteiger partial charge in [-0.15, -0.1) is 0 Å². The Morgan fingerprint density at radius 2 is 2.31 bits per heavy atom. The topological polar surface area (TPSA) is 26.3 Å². The quantitative estimate of drug-likeness (QED) is 0.495. The summed E-state index contributed by atoms with van der Waals surface area (Å²) in [5, 5.41) is 0. The van der Waals surface area contributed by atoms with Crippen LogP contribution in [-0.2, 0) is 9.53 Å². The van der Waals surface area contributed by atoms with E-state index in [0.717, 1.165) is 24.8 Å². The van der Waals surface area contributed by atoms with Crippen LogP contribution in [0.15, 0.2) is 11.8 Å². The Balaban J connectivity index is 2.54. The second kappa shape index (κ2) is 5.05. The predicted octanol–water partition coefficient (Wildman–Crippen LogP) is 2.69. The Kier molecular flexibility index (Phi) is 4.00. The number of hydrogen-bond donors (Lipinski definition) is 0. The minimum Gasteiger partial charge on any atom is -0.501 e. The van der Waals surface area contributed by atoms with Gasteiger partial charge in [-0.2, -0.15) is 0 Å². The third-order valence-corrected chi connectivity index (χ3v) is 2.62. The van der Waals surface area contributed by atoms with Gasteiger partial charge in [-0.3, -0.25) is 4.79 Å². The highest BCUT2D eigenvalue weighted by atomic mass is 16.5. The third-order valence-electron chi connectivity index (χ3n) is 2.62. The van der Waals surface area contributed by atoms with Crippen LogP contribution in [-0.4, -0.2) is 12.4 Å². The molecule has 0 amide bonds. The molecular weight excluding hydrogens is 164 g/mol. The maximum absolute atomic E-state index is 11.4. The van der Waals surface area contributed by atoms with Crippen molar-refractivity contribution in [1.29, 1.82) is 0 Å². The summed E-state index contributed by atoms with van der Waals surface area (Å²) < 4.78 is 5.15. The fourth-order valence-electron chi connectivity index (χ4n) is 1.67. The van der Waals surface area contributed by atoms with Gasteiger partial charge in [-0.25, -0.2) is 0 Å². The Morgan fingerprint density at radius 1 is 1.54 bits per heavy atom. The molecule has 0 bridgehead atoms. The molecule has 0 N–H and O–H groups in total. The molecule has 1 aliphatic carbocycles. The van der Waals surface area contributed by atoms with Crippen LogP contribution in [0.1, 0.15) is 39.5 Å². The molecule has 74 valence electrons. The van der Waals surface area contributed by atoms with Crippen molar-refractivity contribution < 1.29 is 9.53 Å². The monoisotopic (exact) mass is 182 g/mol. The maximum atomic E-state index is 11.4. The summed E-state index contributed by atoms with van der Waals surface area (Å²) in [6.07, 6.45) is 5.49. The molecule has 0 aliphatic heterocycles. The number of hydrogen-bond acceptors (Lipinski definition) is 2. The van der Waals surface area contributed by atoms with Crippen molar-refractivity contribution in [2.75, 3.05) is 6.61 Å². The van der Waals surface area contributed by atoms with Crippen molar-refractivity contribution in [3.05, 3.63) is 11.8 Å². The summed E-state index contributed by atoms with van der Waals surface area (Å²) in [5.41, 5.74) is 0.889. The Hall–Kier alpha value is -0.790. The lowest BCUT2D eigenvalue weighted by atomic mass is 9.84. The second-order valence-corrected chi connectivity index (χ2v) is 3.54. The van der Waals surface area contributed by atoms with E-state index in [1.165, 1.54) is 0 Å². The van der Waals surface area contributed by atoms with Gasteiger partial charge in [0, 0.05) is 12.0 Å². The lowest BCUT2D eigenvalue weighted by Crippen LogP contribution is -2.16. The van der Waals surface area contributed by atoms with Crippen molar-refractivity contribution in [3.63, 3.8) is 0 Å². The van der Waals surface area contributed by atoms with E-state index in [2.05, 4.69) is 6.92 Å². The lowest BCUT2D eigenvalue weighted by Gasteiger charge is -2.21. The van der Waals surface area contributed by atoms with Crippen LogP contribution in [0, 0.1) is 5.92 Å². The molecular formula is C11H18O2. The molecule has 13 heavy (non-hydrogen) atoms. The van der Waals surface area contributed by atoms with E-state index in [1.807, 2.05) is 6.92 Å². The van der Waals surface area contributed by atoms with Crippen LogP contribution in [0.5, 0.6) is 0 Å². The first kappa shape index (κ1) is 10.3. The number of carbonyl (C=O) groups excluding carboxylic acids is 1. The van der Waals surface area contributed by atoms with Crippen LogP contribution in [0.25, 0.3) is 0 Å². The number of rotatable bonds is 3. The fourth-order valence-corrected chi connectivity index (χ4v) is 1.67. The van der Waals surface area contributed by atoms with E-state index in [9.17, 15) is 4.79 Å². The van der Waals surface area contributed by atoms with Crippen LogP contribution in [0.3, 0.4) is 0 Å². The zero-order chi connectivity index (χ0) is 9.68. The molecule has 2 heteroatoms. The summed E-state index contributed by atoms with van der Waals surface area (Å²) in [7, 11) is 0. The highest BCUT2D eigenvalue weighted by Crippen LogP contribution is 2.27. The number of Topliss-reactive ketones (excluding diaryl/α,β-unsaturated/α-hetero) is 1. The van der Waals surface area contributed by atoms with E-state index < -0.39 is 0 Å². The molecule has 1 unspecified atom stereocenters. The zero-order valence-electron chi connectivity index (χ0n) is 8.51. The smallest absolute Gasteiger partial charge is 0.161 e. The highest BCUT2D eigenvalue weighted by Gasteiger charge is 2.22. The average molecular weight is 182 g/mol. The van der Waals surface area contributed by atoms with E-state index >= 15 is 0 Å². The summed E-state index contributed by atoms with van der Waals surface area (Å²) in [4.78, 5) is 11.4. The molecule has 1 aliphatic rings. The Bertz CT molecular complexity index is 206. The normalized spacial score (nSPS) is 26.5. The minimum absolute atomic E-state index is 0.276. The molecule has 1 rings (SSSR count). The molecule has 0 aromatic carbocycles. The first-order chi connectivity index (χ1) is 6.27. The molecule has 0 spiro atoms. The van der Waals surface area contributed by atoms with Gasteiger partial charge in [0.1, 0.15) is 0 Å². The third kappa shape index (κ3) is 2.87. The van der Waals surface area contributed by atoms with Gasteiger partial charge >= 0.3 is 0 Å². The van der Waals surface area contributed by atoms with Gasteiger partial charge in [0.25, 0.3) is 0 Å². The van der Waals surface area contributed by atoms with E-state index in [-0.39, 0.29) is 5.78 Å². The summed E-state index contributed by atoms with van der Waals surface area (Å²) in [5.74, 6) is 0.961. The van der Waals surface area contributed by atoms with E-state index in [0.29, 0.717) is 18.9 Å². The van der Waals surface area contributed by atoms with Gasteiger partial charge in [-0.05, 0) is 25.7 Å². The Labute approximate surface area is 80.0 Å². The zero-order valence-corrected chi connectivity index (χ0v) is 8.51. The minimum atomic E-state index is 0.276. The van der Waals surface area contributed by atoms with Crippen LogP contribution in [0.2, 0.25) is 0 Å². The van der Waals surface area contributed by atoms with Gasteiger partial charge in [0.2, 0.25) is 0 Å². The molecule has 1 fully saturated rings. The highest BCUT2D eigenvalue weighted by molar-refractivity contribution is 5.95. The standard InChI is InChI=1S/C11H18O2/c1-3-9-5-6-11(12)10(7-9)8-13-4-2/h8-9H,3-7H2,1-2H3/b10-8-. The van der Waals surface area contributed by atoms with Crippen molar-refractivity contribution in [2.45, 2.75) is 39.5 Å². The van der Waals surface area contributed by atoms with E-state index in [1.54, 1.807) is 6.26 Å². The molecule has 2 nitrogen and oxygen atoms in total. The van der Waals surface area contributed by atoms with Crippen LogP contribution >= 0.6 is 0 Å². The van der Waals surface area contributed by atoms with E-state index in [4.69, 9.17) is 4.74 Å². The van der Waals surface area contributed by atoms with Crippen molar-refractivity contribution in [1.82, 2.24) is 0 Å². The molecule has 0 aromatic heterocycles. The van der Waals surface area contributed by atoms with Crippen molar-refractivity contribution in [2.24, 2.45) is 5.92 Å². The van der Waals surface area contributed by atoms with Gasteiger partial charge < -0.3 is 4.74 Å². The molecule has 0 radical (unpaired) electrons. The molecule has 0 saturated heterocycles. The molecule has 0 heterocycles. The first-order valence-corrected chi connectivity index (χ1v) is 5.11. The predicted molar refractivity (Wildman–Crippen MR) is 52.3 cm³/mol. The first-order valence-electron chi connectivity index (χ1n) is 5.11. The SMILES string of the molecule is CCO/C=C1/CC(CC)CCC1=O.